The van der Waals surface area contributed by atoms with Crippen LogP contribution in [0, 0.1) is 5.41 Å². The standard InChI is InChI=1S/C22H22O/c1-22(2)14-21(22)19-9-5-4-8-17(19)18-10-6-7-15-11-12-16(23-3)13-20(15)18/h4-13,21H,14H2,1-3H3. The summed E-state index contributed by atoms with van der Waals surface area (Å²) in [7, 11) is 1.73. The van der Waals surface area contributed by atoms with Crippen molar-refractivity contribution in [2.45, 2.75) is 26.2 Å². The first-order chi connectivity index (χ1) is 11.1. The molecule has 0 bridgehead atoms. The van der Waals surface area contributed by atoms with Crippen LogP contribution >= 0.6 is 0 Å². The summed E-state index contributed by atoms with van der Waals surface area (Å²) in [6.45, 7) is 4.72. The maximum Gasteiger partial charge on any atom is 0.119 e. The molecule has 1 unspecified atom stereocenters. The predicted molar refractivity (Wildman–Crippen MR) is 97.1 cm³/mol. The molecule has 0 saturated heterocycles. The van der Waals surface area contributed by atoms with Gasteiger partial charge in [0.15, 0.2) is 0 Å². The van der Waals surface area contributed by atoms with E-state index in [-0.39, 0.29) is 0 Å². The van der Waals surface area contributed by atoms with Crippen molar-refractivity contribution in [3.8, 4) is 16.9 Å². The first-order valence-electron chi connectivity index (χ1n) is 8.26. The van der Waals surface area contributed by atoms with Crippen LogP contribution in [0.2, 0.25) is 0 Å². The molecule has 4 rings (SSSR count). The van der Waals surface area contributed by atoms with Gasteiger partial charge in [-0.2, -0.15) is 0 Å². The summed E-state index contributed by atoms with van der Waals surface area (Å²) in [4.78, 5) is 0. The highest BCUT2D eigenvalue weighted by Crippen LogP contribution is 2.60. The summed E-state index contributed by atoms with van der Waals surface area (Å²) in [5.41, 5.74) is 4.58. The lowest BCUT2D eigenvalue weighted by Gasteiger charge is -2.14. The smallest absolute Gasteiger partial charge is 0.119 e. The molecule has 1 saturated carbocycles. The minimum absolute atomic E-state index is 0.429. The molecule has 0 spiro atoms. The molecule has 0 radical (unpaired) electrons. The number of methoxy groups -OCH3 is 1. The molecule has 0 aromatic heterocycles. The molecule has 1 atom stereocenters. The Morgan fingerprint density at radius 3 is 2.39 bits per heavy atom. The Morgan fingerprint density at radius 2 is 1.65 bits per heavy atom. The summed E-state index contributed by atoms with van der Waals surface area (Å²) >= 11 is 0. The van der Waals surface area contributed by atoms with Crippen molar-refractivity contribution in [3.05, 3.63) is 66.2 Å². The fourth-order valence-corrected chi connectivity index (χ4v) is 3.66. The molecule has 23 heavy (non-hydrogen) atoms. The first kappa shape index (κ1) is 14.3. The van der Waals surface area contributed by atoms with Crippen LogP contribution in [0.1, 0.15) is 31.7 Å². The van der Waals surface area contributed by atoms with Gasteiger partial charge in [0.1, 0.15) is 5.75 Å². The van der Waals surface area contributed by atoms with Crippen LogP contribution < -0.4 is 4.74 Å². The predicted octanol–water partition coefficient (Wildman–Crippen LogP) is 6.03. The maximum atomic E-state index is 5.44. The van der Waals surface area contributed by atoms with Crippen molar-refractivity contribution in [1.29, 1.82) is 0 Å². The highest BCUT2D eigenvalue weighted by atomic mass is 16.5. The van der Waals surface area contributed by atoms with E-state index in [1.54, 1.807) is 7.11 Å². The van der Waals surface area contributed by atoms with Gasteiger partial charge in [0.05, 0.1) is 7.11 Å². The monoisotopic (exact) mass is 302 g/mol. The molecule has 1 nitrogen and oxygen atoms in total. The number of rotatable bonds is 3. The van der Waals surface area contributed by atoms with Gasteiger partial charge >= 0.3 is 0 Å². The van der Waals surface area contributed by atoms with E-state index < -0.39 is 0 Å². The molecule has 3 aromatic rings. The molecule has 0 heterocycles. The van der Waals surface area contributed by atoms with Crippen LogP contribution in [-0.2, 0) is 0 Å². The zero-order valence-corrected chi connectivity index (χ0v) is 14.0. The Labute approximate surface area is 137 Å². The quantitative estimate of drug-likeness (QED) is 0.574. The van der Waals surface area contributed by atoms with Crippen LogP contribution in [0.5, 0.6) is 5.75 Å². The van der Waals surface area contributed by atoms with E-state index in [1.807, 2.05) is 6.07 Å². The summed E-state index contributed by atoms with van der Waals surface area (Å²) in [5, 5.41) is 2.52. The average molecular weight is 302 g/mol. The fraction of sp³-hybridized carbons (Fsp3) is 0.273. The Morgan fingerprint density at radius 1 is 0.913 bits per heavy atom. The lowest BCUT2D eigenvalue weighted by molar-refractivity contribution is 0.415. The van der Waals surface area contributed by atoms with Gasteiger partial charge in [-0.05, 0) is 57.3 Å². The molecule has 1 fully saturated rings. The Bertz CT molecular complexity index is 876. The van der Waals surface area contributed by atoms with E-state index in [0.717, 1.165) is 5.75 Å². The Hall–Kier alpha value is -2.28. The van der Waals surface area contributed by atoms with Gasteiger partial charge in [0, 0.05) is 0 Å². The van der Waals surface area contributed by atoms with Gasteiger partial charge in [-0.25, -0.2) is 0 Å². The maximum absolute atomic E-state index is 5.44. The second kappa shape index (κ2) is 5.13. The zero-order valence-electron chi connectivity index (χ0n) is 14.0. The van der Waals surface area contributed by atoms with Crippen LogP contribution in [0.15, 0.2) is 60.7 Å². The number of benzene rings is 3. The summed E-state index contributed by atoms with van der Waals surface area (Å²) in [6, 6.07) is 21.7. The highest BCUT2D eigenvalue weighted by Gasteiger charge is 2.47. The summed E-state index contributed by atoms with van der Waals surface area (Å²) < 4.78 is 5.44. The van der Waals surface area contributed by atoms with Gasteiger partial charge in [0.2, 0.25) is 0 Å². The third-order valence-electron chi connectivity index (χ3n) is 5.23. The van der Waals surface area contributed by atoms with Crippen LogP contribution in [-0.4, -0.2) is 7.11 Å². The average Bonchev–Trinajstić information content (AvgIpc) is 3.22. The molecule has 1 heteroatoms. The van der Waals surface area contributed by atoms with Gasteiger partial charge in [-0.15, -0.1) is 0 Å². The second-order valence-corrected chi connectivity index (χ2v) is 7.23. The summed E-state index contributed by atoms with van der Waals surface area (Å²) in [5.74, 6) is 1.58. The van der Waals surface area contributed by atoms with Crippen molar-refractivity contribution in [2.24, 2.45) is 5.41 Å². The van der Waals surface area contributed by atoms with E-state index >= 15 is 0 Å². The van der Waals surface area contributed by atoms with Crippen molar-refractivity contribution in [3.63, 3.8) is 0 Å². The second-order valence-electron chi connectivity index (χ2n) is 7.23. The molecule has 1 aliphatic rings. The first-order valence-corrected chi connectivity index (χ1v) is 8.26. The Balaban J connectivity index is 1.93. The summed E-state index contributed by atoms with van der Waals surface area (Å²) in [6.07, 6.45) is 1.28. The molecule has 0 amide bonds. The molecule has 0 aliphatic heterocycles. The minimum atomic E-state index is 0.429. The highest BCUT2D eigenvalue weighted by molar-refractivity contribution is 5.98. The van der Waals surface area contributed by atoms with Crippen LogP contribution in [0.4, 0.5) is 0 Å². The SMILES string of the molecule is COc1ccc2cccc(-c3ccccc3C3CC3(C)C)c2c1. The van der Waals surface area contributed by atoms with Crippen molar-refractivity contribution in [1.82, 2.24) is 0 Å². The third-order valence-corrected chi connectivity index (χ3v) is 5.23. The van der Waals surface area contributed by atoms with E-state index in [2.05, 4.69) is 68.4 Å². The Kier molecular flexibility index (Phi) is 3.19. The molecular weight excluding hydrogens is 280 g/mol. The molecule has 0 N–H and O–H groups in total. The van der Waals surface area contributed by atoms with E-state index in [0.29, 0.717) is 11.3 Å². The fourth-order valence-electron chi connectivity index (χ4n) is 3.66. The number of hydrogen-bond donors (Lipinski definition) is 0. The van der Waals surface area contributed by atoms with Crippen LogP contribution in [0.3, 0.4) is 0 Å². The largest absolute Gasteiger partial charge is 0.497 e. The van der Waals surface area contributed by atoms with Crippen molar-refractivity contribution < 1.29 is 4.74 Å². The molecule has 1 aliphatic carbocycles. The lowest BCUT2D eigenvalue weighted by Crippen LogP contribution is -1.94. The molecular formula is C22H22O. The topological polar surface area (TPSA) is 9.23 Å². The normalized spacial score (nSPS) is 18.8. The van der Waals surface area contributed by atoms with Gasteiger partial charge in [-0.1, -0.05) is 62.4 Å². The van der Waals surface area contributed by atoms with Crippen molar-refractivity contribution >= 4 is 10.8 Å². The lowest BCUT2D eigenvalue weighted by atomic mass is 9.91. The van der Waals surface area contributed by atoms with E-state index in [4.69, 9.17) is 4.74 Å². The van der Waals surface area contributed by atoms with E-state index in [1.165, 1.54) is 33.9 Å². The van der Waals surface area contributed by atoms with Gasteiger partial charge in [-0.3, -0.25) is 0 Å². The van der Waals surface area contributed by atoms with E-state index in [9.17, 15) is 0 Å². The van der Waals surface area contributed by atoms with Crippen molar-refractivity contribution in [2.75, 3.05) is 7.11 Å². The number of hydrogen-bond acceptors (Lipinski definition) is 1. The minimum Gasteiger partial charge on any atom is -0.497 e. The van der Waals surface area contributed by atoms with Gasteiger partial charge in [0.25, 0.3) is 0 Å². The molecule has 3 aromatic carbocycles. The number of fused-ring (bicyclic) bond motifs is 1. The van der Waals surface area contributed by atoms with Gasteiger partial charge < -0.3 is 4.74 Å². The number of ether oxygens (including phenoxy) is 1. The zero-order chi connectivity index (χ0) is 16.0. The van der Waals surface area contributed by atoms with Crippen LogP contribution in [0.25, 0.3) is 21.9 Å². The molecule has 116 valence electrons. The third kappa shape index (κ3) is 2.41.